The quantitative estimate of drug-likeness (QED) is 0.328. The number of piperazine rings is 1. The number of benzene rings is 1. The molecule has 1 saturated heterocycles. The van der Waals surface area contributed by atoms with Crippen LogP contribution in [0.5, 0.6) is 0 Å². The Bertz CT molecular complexity index is 681. The van der Waals surface area contributed by atoms with Crippen LogP contribution in [0, 0.1) is 11.6 Å². The van der Waals surface area contributed by atoms with Crippen molar-refractivity contribution in [1.29, 1.82) is 0 Å². The van der Waals surface area contributed by atoms with Crippen molar-refractivity contribution in [2.24, 2.45) is 4.99 Å². The van der Waals surface area contributed by atoms with Gasteiger partial charge in [0.1, 0.15) is 11.6 Å². The van der Waals surface area contributed by atoms with Crippen molar-refractivity contribution in [3.8, 4) is 0 Å². The molecule has 1 aromatic carbocycles. The fourth-order valence-corrected chi connectivity index (χ4v) is 3.03. The molecule has 6 nitrogen and oxygen atoms in total. The van der Waals surface area contributed by atoms with Crippen LogP contribution in [-0.4, -0.2) is 62.1 Å². The lowest BCUT2D eigenvalue weighted by Gasteiger charge is -2.37. The molecule has 0 aromatic heterocycles. The van der Waals surface area contributed by atoms with Gasteiger partial charge in [-0.15, -0.1) is 24.0 Å². The second kappa shape index (κ2) is 12.8. The molecule has 0 radical (unpaired) electrons. The normalized spacial score (nSPS) is 15.6. The second-order valence-corrected chi connectivity index (χ2v) is 6.93. The molecule has 164 valence electrons. The molecule has 1 heterocycles. The van der Waals surface area contributed by atoms with Gasteiger partial charge in [-0.05, 0) is 32.4 Å². The zero-order valence-corrected chi connectivity index (χ0v) is 19.7. The number of halogens is 3. The second-order valence-electron chi connectivity index (χ2n) is 6.93. The van der Waals surface area contributed by atoms with Crippen LogP contribution in [0.3, 0.4) is 0 Å². The third-order valence-electron chi connectivity index (χ3n) is 4.78. The maximum Gasteiger partial charge on any atom is 0.222 e. The van der Waals surface area contributed by atoms with Crippen LogP contribution in [0.25, 0.3) is 0 Å². The summed E-state index contributed by atoms with van der Waals surface area (Å²) in [5, 5.41) is 6.18. The minimum absolute atomic E-state index is 0. The summed E-state index contributed by atoms with van der Waals surface area (Å²) in [7, 11) is 0. The van der Waals surface area contributed by atoms with Gasteiger partial charge in [0.25, 0.3) is 0 Å². The average Bonchev–Trinajstić information content (AvgIpc) is 2.69. The summed E-state index contributed by atoms with van der Waals surface area (Å²) in [6, 6.07) is 3.69. The van der Waals surface area contributed by atoms with Gasteiger partial charge in [0, 0.05) is 51.3 Å². The number of aliphatic imine (C=N–C) groups is 1. The van der Waals surface area contributed by atoms with E-state index in [0.29, 0.717) is 44.8 Å². The molecule has 29 heavy (non-hydrogen) atoms. The molecule has 1 amide bonds. The van der Waals surface area contributed by atoms with Crippen LogP contribution in [0.2, 0.25) is 0 Å². The maximum atomic E-state index is 14.0. The highest BCUT2D eigenvalue weighted by Crippen LogP contribution is 2.21. The van der Waals surface area contributed by atoms with Crippen LogP contribution in [0.1, 0.15) is 33.6 Å². The van der Waals surface area contributed by atoms with Crippen molar-refractivity contribution in [2.75, 3.05) is 44.2 Å². The van der Waals surface area contributed by atoms with Gasteiger partial charge >= 0.3 is 0 Å². The van der Waals surface area contributed by atoms with E-state index in [1.165, 1.54) is 6.07 Å². The van der Waals surface area contributed by atoms with Gasteiger partial charge in [-0.2, -0.15) is 0 Å². The smallest absolute Gasteiger partial charge is 0.222 e. The highest BCUT2D eigenvalue weighted by Gasteiger charge is 2.22. The molecule has 1 aliphatic heterocycles. The molecule has 1 fully saturated rings. The number of amides is 1. The summed E-state index contributed by atoms with van der Waals surface area (Å²) in [6.45, 7) is 9.54. The van der Waals surface area contributed by atoms with Crippen molar-refractivity contribution in [2.45, 2.75) is 39.7 Å². The van der Waals surface area contributed by atoms with E-state index in [1.807, 2.05) is 25.7 Å². The number of rotatable bonds is 7. The van der Waals surface area contributed by atoms with Crippen molar-refractivity contribution in [1.82, 2.24) is 15.5 Å². The van der Waals surface area contributed by atoms with Crippen molar-refractivity contribution < 1.29 is 13.6 Å². The fourth-order valence-electron chi connectivity index (χ4n) is 3.03. The van der Waals surface area contributed by atoms with E-state index in [-0.39, 0.29) is 35.9 Å². The number of hydrogen-bond acceptors (Lipinski definition) is 3. The number of nitrogens with zero attached hydrogens (tertiary/aromatic N) is 3. The van der Waals surface area contributed by atoms with Gasteiger partial charge in [0.15, 0.2) is 5.96 Å². The van der Waals surface area contributed by atoms with E-state index in [9.17, 15) is 13.6 Å². The number of guanidine groups is 1. The average molecular weight is 523 g/mol. The molecule has 0 saturated carbocycles. The summed E-state index contributed by atoms with van der Waals surface area (Å²) in [5.74, 6) is -0.106. The monoisotopic (exact) mass is 523 g/mol. The van der Waals surface area contributed by atoms with Crippen molar-refractivity contribution in [3.05, 3.63) is 29.8 Å². The van der Waals surface area contributed by atoms with Crippen LogP contribution in [-0.2, 0) is 4.79 Å². The highest BCUT2D eigenvalue weighted by atomic mass is 127. The predicted octanol–water partition coefficient (Wildman–Crippen LogP) is 2.98. The summed E-state index contributed by atoms with van der Waals surface area (Å²) in [5.41, 5.74) is 0.295. The molecule has 1 aliphatic rings. The Labute approximate surface area is 189 Å². The first-order valence-electron chi connectivity index (χ1n) is 9.97. The molecule has 1 unspecified atom stereocenters. The van der Waals surface area contributed by atoms with Crippen LogP contribution in [0.4, 0.5) is 14.5 Å². The molecule has 2 rings (SSSR count). The molecule has 0 bridgehead atoms. The van der Waals surface area contributed by atoms with E-state index in [1.54, 1.807) is 0 Å². The van der Waals surface area contributed by atoms with E-state index in [0.717, 1.165) is 31.1 Å². The Balaban J connectivity index is 0.00000420. The zero-order valence-electron chi connectivity index (χ0n) is 17.4. The lowest BCUT2D eigenvalue weighted by atomic mass is 10.2. The van der Waals surface area contributed by atoms with Gasteiger partial charge in [0.05, 0.1) is 12.2 Å². The molecular formula is C20H32F2IN5O. The molecule has 2 N–H and O–H groups in total. The number of hydrogen-bond donors (Lipinski definition) is 2. The number of anilines is 1. The Morgan fingerprint density at radius 1 is 1.21 bits per heavy atom. The van der Waals surface area contributed by atoms with Gasteiger partial charge in [-0.3, -0.25) is 9.79 Å². The van der Waals surface area contributed by atoms with Gasteiger partial charge in [-0.1, -0.05) is 6.92 Å². The van der Waals surface area contributed by atoms with Crippen molar-refractivity contribution >= 4 is 41.5 Å². The fraction of sp³-hybridized carbons (Fsp3) is 0.600. The Morgan fingerprint density at radius 3 is 2.52 bits per heavy atom. The van der Waals surface area contributed by atoms with Crippen LogP contribution < -0.4 is 15.5 Å². The minimum atomic E-state index is -0.440. The molecule has 1 aromatic rings. The lowest BCUT2D eigenvalue weighted by Crippen LogP contribution is -2.52. The van der Waals surface area contributed by atoms with E-state index in [2.05, 4.69) is 20.5 Å². The molecule has 0 spiro atoms. The predicted molar refractivity (Wildman–Crippen MR) is 124 cm³/mol. The standard InChI is InChI=1S/C20H31F2N5O.HI/c1-4-15(3)25-19(28)8-9-24-20(23-5-2)27-12-10-26(11-13-27)18-14-16(21)6-7-17(18)22;/h6-7,14-15H,4-5,8-13H2,1-3H3,(H,23,24)(H,25,28);1H. The Morgan fingerprint density at radius 2 is 1.90 bits per heavy atom. The van der Waals surface area contributed by atoms with Gasteiger partial charge in [0.2, 0.25) is 5.91 Å². The summed E-state index contributed by atoms with van der Waals surface area (Å²) < 4.78 is 27.4. The van der Waals surface area contributed by atoms with E-state index >= 15 is 0 Å². The molecule has 0 aliphatic carbocycles. The third kappa shape index (κ3) is 7.94. The summed E-state index contributed by atoms with van der Waals surface area (Å²) in [4.78, 5) is 20.4. The number of carbonyl (C=O) groups is 1. The molecule has 1 atom stereocenters. The van der Waals surface area contributed by atoms with Crippen molar-refractivity contribution in [3.63, 3.8) is 0 Å². The first-order valence-corrected chi connectivity index (χ1v) is 9.97. The zero-order chi connectivity index (χ0) is 20.5. The highest BCUT2D eigenvalue weighted by molar-refractivity contribution is 14.0. The molecule has 9 heteroatoms. The Hall–Kier alpha value is -1.65. The van der Waals surface area contributed by atoms with Gasteiger partial charge in [-0.25, -0.2) is 8.78 Å². The minimum Gasteiger partial charge on any atom is -0.366 e. The lowest BCUT2D eigenvalue weighted by molar-refractivity contribution is -0.121. The van der Waals surface area contributed by atoms with E-state index in [4.69, 9.17) is 0 Å². The first kappa shape index (κ1) is 25.4. The summed E-state index contributed by atoms with van der Waals surface area (Å²) >= 11 is 0. The van der Waals surface area contributed by atoms with Crippen LogP contribution >= 0.6 is 24.0 Å². The maximum absolute atomic E-state index is 14.0. The van der Waals surface area contributed by atoms with Gasteiger partial charge < -0.3 is 20.4 Å². The topological polar surface area (TPSA) is 60.0 Å². The number of carbonyl (C=O) groups excluding carboxylic acids is 1. The third-order valence-corrected chi connectivity index (χ3v) is 4.78. The largest absolute Gasteiger partial charge is 0.366 e. The summed E-state index contributed by atoms with van der Waals surface area (Å²) in [6.07, 6.45) is 1.24. The van der Waals surface area contributed by atoms with E-state index < -0.39 is 11.6 Å². The SMILES string of the molecule is CCNC(=NCCC(=O)NC(C)CC)N1CCN(c2cc(F)ccc2F)CC1.I. The van der Waals surface area contributed by atoms with Crippen LogP contribution in [0.15, 0.2) is 23.2 Å². The first-order chi connectivity index (χ1) is 13.4. The Kier molecular flexibility index (Phi) is 11.2. The number of nitrogens with one attached hydrogen (secondary N) is 2. The molecular weight excluding hydrogens is 491 g/mol.